The first-order valence-corrected chi connectivity index (χ1v) is 14.9. The lowest BCUT2D eigenvalue weighted by molar-refractivity contribution is -0.139. The maximum absolute atomic E-state index is 14.0. The van der Waals surface area contributed by atoms with Crippen LogP contribution in [0.3, 0.4) is 0 Å². The van der Waals surface area contributed by atoms with Crippen molar-refractivity contribution < 1.29 is 18.0 Å². The summed E-state index contributed by atoms with van der Waals surface area (Å²) in [6.45, 7) is 4.95. The summed E-state index contributed by atoms with van der Waals surface area (Å²) in [4.78, 5) is 28.2. The van der Waals surface area contributed by atoms with E-state index in [0.29, 0.717) is 39.2 Å². The molecule has 2 amide bonds. The van der Waals surface area contributed by atoms with Gasteiger partial charge in [0.25, 0.3) is 10.0 Å². The van der Waals surface area contributed by atoms with E-state index in [1.165, 1.54) is 23.1 Å². The topological polar surface area (TPSA) is 86.8 Å². The Morgan fingerprint density at radius 3 is 2.21 bits per heavy atom. The van der Waals surface area contributed by atoms with Gasteiger partial charge in [-0.15, -0.1) is 0 Å². The number of aryl methyl sites for hydroxylation is 1. The van der Waals surface area contributed by atoms with Gasteiger partial charge < -0.3 is 10.2 Å². The van der Waals surface area contributed by atoms with Crippen molar-refractivity contribution in [3.63, 3.8) is 0 Å². The number of amides is 2. The Balaban J connectivity index is 2.09. The van der Waals surface area contributed by atoms with Crippen LogP contribution < -0.4 is 9.62 Å². The molecule has 0 bridgehead atoms. The van der Waals surface area contributed by atoms with E-state index in [4.69, 9.17) is 34.8 Å². The second-order valence-corrected chi connectivity index (χ2v) is 12.1. The minimum Gasteiger partial charge on any atom is -0.354 e. The van der Waals surface area contributed by atoms with Crippen molar-refractivity contribution in [2.24, 2.45) is 0 Å². The molecule has 39 heavy (non-hydrogen) atoms. The Kier molecular flexibility index (Phi) is 10.7. The van der Waals surface area contributed by atoms with Crippen molar-refractivity contribution in [2.45, 2.75) is 44.7 Å². The smallest absolute Gasteiger partial charge is 0.264 e. The van der Waals surface area contributed by atoms with Crippen LogP contribution in [0.5, 0.6) is 0 Å². The minimum absolute atomic E-state index is 0.00612. The monoisotopic (exact) mass is 609 g/mol. The van der Waals surface area contributed by atoms with E-state index in [1.54, 1.807) is 62.4 Å². The van der Waals surface area contributed by atoms with Crippen molar-refractivity contribution in [1.29, 1.82) is 0 Å². The van der Waals surface area contributed by atoms with Gasteiger partial charge in [0.05, 0.1) is 10.6 Å². The predicted molar refractivity (Wildman–Crippen MR) is 157 cm³/mol. The average Bonchev–Trinajstić information content (AvgIpc) is 2.91. The summed E-state index contributed by atoms with van der Waals surface area (Å²) in [5.74, 6) is -1.01. The van der Waals surface area contributed by atoms with Crippen LogP contribution in [0, 0.1) is 6.92 Å². The molecule has 3 aromatic rings. The fourth-order valence-corrected chi connectivity index (χ4v) is 6.09. The summed E-state index contributed by atoms with van der Waals surface area (Å²) >= 11 is 19.0. The molecule has 0 aliphatic heterocycles. The zero-order valence-electron chi connectivity index (χ0n) is 21.8. The van der Waals surface area contributed by atoms with Crippen LogP contribution in [-0.4, -0.2) is 44.3 Å². The first kappa shape index (κ1) is 30.8. The molecule has 0 saturated heterocycles. The average molecular weight is 611 g/mol. The Morgan fingerprint density at radius 1 is 0.949 bits per heavy atom. The number of nitrogens with zero attached hydrogens (tertiary/aromatic N) is 2. The SMILES string of the molecule is CCCNC(=O)C(C)N(Cc1c(Cl)cccc1Cl)C(=O)CN(c1cc(Cl)ccc1C)S(=O)(=O)c1ccccc1. The van der Waals surface area contributed by atoms with Crippen LogP contribution in [-0.2, 0) is 26.2 Å². The highest BCUT2D eigenvalue weighted by atomic mass is 35.5. The molecule has 1 N–H and O–H groups in total. The molecule has 0 aliphatic rings. The van der Waals surface area contributed by atoms with Crippen LogP contribution in [0.1, 0.15) is 31.4 Å². The summed E-state index contributed by atoms with van der Waals surface area (Å²) in [6.07, 6.45) is 0.708. The highest BCUT2D eigenvalue weighted by molar-refractivity contribution is 7.92. The number of carbonyl (C=O) groups excluding carboxylic acids is 2. The zero-order chi connectivity index (χ0) is 28.7. The zero-order valence-corrected chi connectivity index (χ0v) is 24.9. The lowest BCUT2D eigenvalue weighted by Gasteiger charge is -2.32. The first-order chi connectivity index (χ1) is 18.5. The molecule has 11 heteroatoms. The minimum atomic E-state index is -4.20. The molecule has 1 atom stereocenters. The molecule has 0 saturated carbocycles. The van der Waals surface area contributed by atoms with Gasteiger partial charge in [0.2, 0.25) is 11.8 Å². The molecule has 0 spiro atoms. The number of halogens is 3. The summed E-state index contributed by atoms with van der Waals surface area (Å²) in [5, 5.41) is 3.74. The van der Waals surface area contributed by atoms with E-state index in [2.05, 4.69) is 5.32 Å². The Labute approximate surface area is 244 Å². The van der Waals surface area contributed by atoms with Crippen LogP contribution in [0.2, 0.25) is 15.1 Å². The largest absolute Gasteiger partial charge is 0.354 e. The molecule has 0 aliphatic carbocycles. The molecular formula is C28H30Cl3N3O4S. The molecule has 0 heterocycles. The number of hydrogen-bond donors (Lipinski definition) is 1. The molecule has 7 nitrogen and oxygen atoms in total. The maximum atomic E-state index is 14.0. The predicted octanol–water partition coefficient (Wildman–Crippen LogP) is 6.09. The number of nitrogens with one attached hydrogen (secondary N) is 1. The quantitative estimate of drug-likeness (QED) is 0.285. The molecule has 3 aromatic carbocycles. The van der Waals surface area contributed by atoms with Crippen molar-refractivity contribution >= 4 is 62.3 Å². The summed E-state index contributed by atoms with van der Waals surface area (Å²) in [5.41, 5.74) is 1.29. The van der Waals surface area contributed by atoms with Crippen molar-refractivity contribution in [3.05, 3.63) is 92.9 Å². The summed E-state index contributed by atoms with van der Waals surface area (Å²) < 4.78 is 28.7. The van der Waals surface area contributed by atoms with E-state index in [0.717, 1.165) is 4.31 Å². The Bertz CT molecular complexity index is 1410. The van der Waals surface area contributed by atoms with Gasteiger partial charge in [-0.25, -0.2) is 8.42 Å². The fraction of sp³-hybridized carbons (Fsp3) is 0.286. The molecule has 0 fully saturated rings. The second-order valence-electron chi connectivity index (χ2n) is 8.94. The van der Waals surface area contributed by atoms with Crippen LogP contribution in [0.4, 0.5) is 5.69 Å². The first-order valence-electron chi connectivity index (χ1n) is 12.3. The number of hydrogen-bond acceptors (Lipinski definition) is 4. The van der Waals surface area contributed by atoms with Crippen molar-refractivity contribution in [3.8, 4) is 0 Å². The van der Waals surface area contributed by atoms with Crippen molar-refractivity contribution in [2.75, 3.05) is 17.4 Å². The van der Waals surface area contributed by atoms with Gasteiger partial charge in [-0.2, -0.15) is 0 Å². The number of anilines is 1. The molecule has 0 radical (unpaired) electrons. The van der Waals surface area contributed by atoms with Gasteiger partial charge in [-0.05, 0) is 62.2 Å². The lowest BCUT2D eigenvalue weighted by Crippen LogP contribution is -2.51. The highest BCUT2D eigenvalue weighted by Crippen LogP contribution is 2.31. The van der Waals surface area contributed by atoms with Crippen molar-refractivity contribution in [1.82, 2.24) is 10.2 Å². The molecule has 3 rings (SSSR count). The number of benzene rings is 3. The Hall–Kier alpha value is -2.78. The van der Waals surface area contributed by atoms with Gasteiger partial charge in [-0.3, -0.25) is 13.9 Å². The van der Waals surface area contributed by atoms with Crippen LogP contribution in [0.15, 0.2) is 71.6 Å². The molecule has 0 aromatic heterocycles. The molecular weight excluding hydrogens is 581 g/mol. The van der Waals surface area contributed by atoms with Gasteiger partial charge in [0.1, 0.15) is 12.6 Å². The van der Waals surface area contributed by atoms with E-state index >= 15 is 0 Å². The summed E-state index contributed by atoms with van der Waals surface area (Å²) in [7, 11) is -4.20. The van der Waals surface area contributed by atoms with E-state index in [-0.39, 0.29) is 23.0 Å². The third-order valence-electron chi connectivity index (χ3n) is 6.16. The molecule has 208 valence electrons. The third-order valence-corrected chi connectivity index (χ3v) is 8.87. The van der Waals surface area contributed by atoms with Crippen LogP contribution >= 0.6 is 34.8 Å². The van der Waals surface area contributed by atoms with Crippen LogP contribution in [0.25, 0.3) is 0 Å². The third kappa shape index (κ3) is 7.45. The number of sulfonamides is 1. The van der Waals surface area contributed by atoms with E-state index in [9.17, 15) is 18.0 Å². The van der Waals surface area contributed by atoms with Gasteiger partial charge >= 0.3 is 0 Å². The fourth-order valence-electron chi connectivity index (χ4n) is 3.92. The lowest BCUT2D eigenvalue weighted by atomic mass is 10.1. The van der Waals surface area contributed by atoms with Gasteiger partial charge in [0, 0.05) is 33.7 Å². The second kappa shape index (κ2) is 13.5. The normalized spacial score (nSPS) is 12.1. The molecule has 1 unspecified atom stereocenters. The van der Waals surface area contributed by atoms with Gasteiger partial charge in [0.15, 0.2) is 0 Å². The Morgan fingerprint density at radius 2 is 1.59 bits per heavy atom. The van der Waals surface area contributed by atoms with E-state index < -0.39 is 28.5 Å². The standard InChI is InChI=1S/C28H30Cl3N3O4S/c1-4-15-32-28(36)20(3)33(17-23-24(30)11-8-12-25(23)31)27(35)18-34(26-16-21(29)14-13-19(26)2)39(37,38)22-9-6-5-7-10-22/h5-14,16,20H,4,15,17-18H2,1-3H3,(H,32,36). The number of carbonyl (C=O) groups is 2. The maximum Gasteiger partial charge on any atom is 0.264 e. The summed E-state index contributed by atoms with van der Waals surface area (Å²) in [6, 6.07) is 16.6. The van der Waals surface area contributed by atoms with E-state index in [1.807, 2.05) is 6.92 Å². The van der Waals surface area contributed by atoms with Gasteiger partial charge in [-0.1, -0.05) is 72.1 Å². The highest BCUT2D eigenvalue weighted by Gasteiger charge is 2.33. The number of rotatable bonds is 11.